The lowest BCUT2D eigenvalue weighted by Gasteiger charge is -2.21. The first-order valence-corrected chi connectivity index (χ1v) is 6.84. The summed E-state index contributed by atoms with van der Waals surface area (Å²) in [6.07, 6.45) is 1.71. The van der Waals surface area contributed by atoms with E-state index >= 15 is 0 Å². The number of nitrogens with zero attached hydrogens (tertiary/aromatic N) is 1. The number of carbonyl (C=O) groups excluding carboxylic acids is 1. The second-order valence-electron chi connectivity index (χ2n) is 5.05. The summed E-state index contributed by atoms with van der Waals surface area (Å²) in [5.41, 5.74) is 0.824. The number of benzene rings is 1. The molecule has 0 radical (unpaired) electrons. The summed E-state index contributed by atoms with van der Waals surface area (Å²) in [5, 5.41) is 12.2. The van der Waals surface area contributed by atoms with E-state index in [0.29, 0.717) is 11.6 Å². The number of urea groups is 1. The average Bonchev–Trinajstić information content (AvgIpc) is 3.22. The highest BCUT2D eigenvalue weighted by atomic mass is 35.5. The molecule has 6 heteroatoms. The van der Waals surface area contributed by atoms with Gasteiger partial charge in [0.15, 0.2) is 0 Å². The van der Waals surface area contributed by atoms with Crippen molar-refractivity contribution < 1.29 is 14.7 Å². The number of rotatable bonds is 5. The normalized spacial score (nSPS) is 15.5. The molecule has 1 unspecified atom stereocenters. The summed E-state index contributed by atoms with van der Waals surface area (Å²) in [6, 6.07) is 6.06. The average molecular weight is 297 g/mol. The second-order valence-corrected chi connectivity index (χ2v) is 5.46. The summed E-state index contributed by atoms with van der Waals surface area (Å²) in [5.74, 6) is -0.919. The number of aliphatic carboxylic acids is 1. The topological polar surface area (TPSA) is 69.6 Å². The quantitative estimate of drug-likeness (QED) is 0.876. The Kier molecular flexibility index (Phi) is 4.49. The summed E-state index contributed by atoms with van der Waals surface area (Å²) in [6.45, 7) is 0.336. The molecule has 0 bridgehead atoms. The van der Waals surface area contributed by atoms with Crippen molar-refractivity contribution >= 4 is 23.6 Å². The van der Waals surface area contributed by atoms with Gasteiger partial charge >= 0.3 is 12.0 Å². The van der Waals surface area contributed by atoms with E-state index in [4.69, 9.17) is 16.7 Å². The fourth-order valence-corrected chi connectivity index (χ4v) is 2.20. The van der Waals surface area contributed by atoms with Gasteiger partial charge in [-0.05, 0) is 30.4 Å². The third kappa shape index (κ3) is 3.63. The number of carboxylic acid groups (broad SMARTS) is 1. The molecule has 1 aromatic rings. The molecule has 2 amide bonds. The standard InChI is InChI=1S/C14H17ClN2O3/c1-17(8-10-4-2-3-5-11(10)15)14(20)16-12(13(18)19)9-6-7-9/h2-5,9,12H,6-8H2,1H3,(H,16,20)(H,18,19). The Bertz CT molecular complexity index is 517. The van der Waals surface area contributed by atoms with E-state index in [-0.39, 0.29) is 5.92 Å². The summed E-state index contributed by atoms with van der Waals surface area (Å²) in [4.78, 5) is 24.5. The Morgan fingerprint density at radius 2 is 2.10 bits per heavy atom. The van der Waals surface area contributed by atoms with Crippen LogP contribution < -0.4 is 5.32 Å². The first-order valence-electron chi connectivity index (χ1n) is 6.47. The van der Waals surface area contributed by atoms with Crippen LogP contribution in [0.5, 0.6) is 0 Å². The maximum atomic E-state index is 12.0. The molecule has 2 N–H and O–H groups in total. The highest BCUT2D eigenvalue weighted by Crippen LogP contribution is 2.32. The summed E-state index contributed by atoms with van der Waals surface area (Å²) < 4.78 is 0. The molecule has 0 saturated heterocycles. The largest absolute Gasteiger partial charge is 0.480 e. The maximum Gasteiger partial charge on any atom is 0.326 e. The Hall–Kier alpha value is -1.75. The van der Waals surface area contributed by atoms with Crippen LogP contribution in [0.15, 0.2) is 24.3 Å². The maximum absolute atomic E-state index is 12.0. The molecular weight excluding hydrogens is 280 g/mol. The van der Waals surface area contributed by atoms with Crippen LogP contribution in [0.1, 0.15) is 18.4 Å². The van der Waals surface area contributed by atoms with Crippen LogP contribution in [-0.2, 0) is 11.3 Å². The number of carboxylic acids is 1. The van der Waals surface area contributed by atoms with Crippen molar-refractivity contribution in [3.8, 4) is 0 Å². The Morgan fingerprint density at radius 1 is 1.45 bits per heavy atom. The zero-order chi connectivity index (χ0) is 14.7. The molecule has 108 valence electrons. The third-order valence-electron chi connectivity index (χ3n) is 3.35. The smallest absolute Gasteiger partial charge is 0.326 e. The molecule has 5 nitrogen and oxygen atoms in total. The van der Waals surface area contributed by atoms with Crippen LogP contribution in [0.4, 0.5) is 4.79 Å². The van der Waals surface area contributed by atoms with Gasteiger partial charge in [-0.3, -0.25) is 0 Å². The molecule has 0 aliphatic heterocycles. The highest BCUT2D eigenvalue weighted by molar-refractivity contribution is 6.31. The fourth-order valence-electron chi connectivity index (χ4n) is 2.01. The van der Waals surface area contributed by atoms with Crippen LogP contribution >= 0.6 is 11.6 Å². The molecule has 20 heavy (non-hydrogen) atoms. The number of halogens is 1. The van der Waals surface area contributed by atoms with Gasteiger partial charge < -0.3 is 15.3 Å². The molecule has 1 aliphatic rings. The summed E-state index contributed by atoms with van der Waals surface area (Å²) in [7, 11) is 1.62. The predicted molar refractivity (Wildman–Crippen MR) is 75.6 cm³/mol. The van der Waals surface area contributed by atoms with Crippen molar-refractivity contribution in [2.75, 3.05) is 7.05 Å². The molecule has 0 spiro atoms. The van der Waals surface area contributed by atoms with E-state index in [2.05, 4.69) is 5.32 Å². The van der Waals surface area contributed by atoms with Gasteiger partial charge in [0.05, 0.1) is 0 Å². The minimum absolute atomic E-state index is 0.0603. The number of hydrogen-bond donors (Lipinski definition) is 2. The molecule has 1 fully saturated rings. The van der Waals surface area contributed by atoms with Gasteiger partial charge in [-0.25, -0.2) is 9.59 Å². The van der Waals surface area contributed by atoms with Crippen LogP contribution in [0.25, 0.3) is 0 Å². The molecule has 0 heterocycles. The van der Waals surface area contributed by atoms with Gasteiger partial charge in [0, 0.05) is 18.6 Å². The van der Waals surface area contributed by atoms with E-state index in [1.165, 1.54) is 4.90 Å². The van der Waals surface area contributed by atoms with Crippen molar-refractivity contribution in [2.24, 2.45) is 5.92 Å². The molecule has 1 saturated carbocycles. The lowest BCUT2D eigenvalue weighted by Crippen LogP contribution is -2.47. The van der Waals surface area contributed by atoms with Gasteiger partial charge in [-0.1, -0.05) is 29.8 Å². The van der Waals surface area contributed by atoms with E-state index in [9.17, 15) is 9.59 Å². The molecule has 1 aliphatic carbocycles. The fraction of sp³-hybridized carbons (Fsp3) is 0.429. The van der Waals surface area contributed by atoms with Gasteiger partial charge in [-0.2, -0.15) is 0 Å². The Morgan fingerprint density at radius 3 is 2.65 bits per heavy atom. The zero-order valence-electron chi connectivity index (χ0n) is 11.2. The molecular formula is C14H17ClN2O3. The van der Waals surface area contributed by atoms with Gasteiger partial charge in [0.1, 0.15) is 6.04 Å². The summed E-state index contributed by atoms with van der Waals surface area (Å²) >= 11 is 6.04. The van der Waals surface area contributed by atoms with Crippen molar-refractivity contribution in [1.29, 1.82) is 0 Å². The van der Waals surface area contributed by atoms with Crippen molar-refractivity contribution in [3.63, 3.8) is 0 Å². The first kappa shape index (κ1) is 14.7. The van der Waals surface area contributed by atoms with Crippen molar-refractivity contribution in [2.45, 2.75) is 25.4 Å². The van der Waals surface area contributed by atoms with Gasteiger partial charge in [0.25, 0.3) is 0 Å². The predicted octanol–water partition coefficient (Wildman–Crippen LogP) is 2.34. The van der Waals surface area contributed by atoms with E-state index in [0.717, 1.165) is 18.4 Å². The van der Waals surface area contributed by atoms with Crippen LogP contribution in [0.2, 0.25) is 5.02 Å². The monoisotopic (exact) mass is 296 g/mol. The van der Waals surface area contributed by atoms with Crippen LogP contribution in [-0.4, -0.2) is 35.1 Å². The van der Waals surface area contributed by atoms with E-state index < -0.39 is 18.0 Å². The number of hydrogen-bond acceptors (Lipinski definition) is 2. The first-order chi connectivity index (χ1) is 9.49. The van der Waals surface area contributed by atoms with E-state index in [1.54, 1.807) is 13.1 Å². The zero-order valence-corrected chi connectivity index (χ0v) is 11.9. The van der Waals surface area contributed by atoms with Crippen LogP contribution in [0, 0.1) is 5.92 Å². The van der Waals surface area contributed by atoms with Gasteiger partial charge in [0.2, 0.25) is 0 Å². The lowest BCUT2D eigenvalue weighted by molar-refractivity contribution is -0.139. The van der Waals surface area contributed by atoms with Crippen molar-refractivity contribution in [3.05, 3.63) is 34.9 Å². The molecule has 1 atom stereocenters. The lowest BCUT2D eigenvalue weighted by atomic mass is 10.2. The van der Waals surface area contributed by atoms with Crippen LogP contribution in [0.3, 0.4) is 0 Å². The molecule has 0 aromatic heterocycles. The Balaban J connectivity index is 1.95. The number of carbonyl (C=O) groups is 2. The van der Waals surface area contributed by atoms with E-state index in [1.807, 2.05) is 18.2 Å². The third-order valence-corrected chi connectivity index (χ3v) is 3.72. The Labute approximate surface area is 122 Å². The molecule has 1 aromatic carbocycles. The number of nitrogens with one attached hydrogen (secondary N) is 1. The minimum Gasteiger partial charge on any atom is -0.480 e. The number of amides is 2. The SMILES string of the molecule is CN(Cc1ccccc1Cl)C(=O)NC(C(=O)O)C1CC1. The van der Waals surface area contributed by atoms with Crippen molar-refractivity contribution in [1.82, 2.24) is 10.2 Å². The highest BCUT2D eigenvalue weighted by Gasteiger charge is 2.37. The second kappa shape index (κ2) is 6.13. The molecule has 2 rings (SSSR count). The minimum atomic E-state index is -0.980. The van der Waals surface area contributed by atoms with Gasteiger partial charge in [-0.15, -0.1) is 0 Å².